The number of fused-ring (bicyclic) bond motifs is 1. The largest absolute Gasteiger partial charge is 0.420 e. The second-order valence-electron chi connectivity index (χ2n) is 12.2. The van der Waals surface area contributed by atoms with Crippen molar-refractivity contribution in [3.63, 3.8) is 0 Å². The van der Waals surface area contributed by atoms with Crippen LogP contribution in [0.25, 0.3) is 0 Å². The number of nitrogens with one attached hydrogen (secondary N) is 1. The number of anilines is 2. The van der Waals surface area contributed by atoms with E-state index in [2.05, 4.69) is 47.9 Å². The van der Waals surface area contributed by atoms with Gasteiger partial charge in [0.15, 0.2) is 5.06 Å². The van der Waals surface area contributed by atoms with Gasteiger partial charge in [-0.1, -0.05) is 32.9 Å². The number of carbonyl (C=O) groups excluding carboxylic acids is 2. The van der Waals surface area contributed by atoms with Gasteiger partial charge in [0.25, 0.3) is 5.91 Å². The summed E-state index contributed by atoms with van der Waals surface area (Å²) in [6.45, 7) is 9.03. The topological polar surface area (TPSA) is 94.7 Å². The number of likely N-dealkylation sites (tertiary alicyclic amines) is 1. The number of piperidine rings is 1. The third kappa shape index (κ3) is 5.90. The second-order valence-corrected chi connectivity index (χ2v) is 13.1. The molecule has 4 aromatic rings. The molecule has 9 nitrogen and oxygen atoms in total. The smallest absolute Gasteiger partial charge is 0.399 e. The predicted octanol–water partition coefficient (Wildman–Crippen LogP) is 5.82. The van der Waals surface area contributed by atoms with Crippen LogP contribution < -0.4 is 14.5 Å². The summed E-state index contributed by atoms with van der Waals surface area (Å²) in [6, 6.07) is 15.4. The van der Waals surface area contributed by atoms with Crippen molar-refractivity contribution >= 4 is 34.8 Å². The number of amides is 2. The van der Waals surface area contributed by atoms with Gasteiger partial charge in [0.2, 0.25) is 0 Å². The third-order valence-corrected chi connectivity index (χ3v) is 9.07. The van der Waals surface area contributed by atoms with Crippen molar-refractivity contribution in [2.45, 2.75) is 32.7 Å². The summed E-state index contributed by atoms with van der Waals surface area (Å²) in [5.41, 5.74) is 2.67. The average Bonchev–Trinajstić information content (AvgIpc) is 3.53. The average molecular weight is 585 g/mol. The van der Waals surface area contributed by atoms with Crippen molar-refractivity contribution in [2.75, 3.05) is 36.5 Å². The van der Waals surface area contributed by atoms with Crippen molar-refractivity contribution in [1.29, 1.82) is 0 Å². The van der Waals surface area contributed by atoms with Crippen LogP contribution in [0.1, 0.15) is 42.5 Å². The molecule has 1 saturated carbocycles. The number of H-pyrrole nitrogens is 1. The van der Waals surface area contributed by atoms with Gasteiger partial charge < -0.3 is 19.5 Å². The number of aromatic nitrogens is 3. The van der Waals surface area contributed by atoms with E-state index in [1.807, 2.05) is 52.6 Å². The quantitative estimate of drug-likeness (QED) is 0.280. The van der Waals surface area contributed by atoms with Gasteiger partial charge in [0, 0.05) is 44.6 Å². The van der Waals surface area contributed by atoms with Crippen LogP contribution in [0.4, 0.5) is 16.3 Å². The zero-order chi connectivity index (χ0) is 29.4. The Morgan fingerprint density at radius 3 is 2.43 bits per heavy atom. The Labute approximate surface area is 250 Å². The van der Waals surface area contributed by atoms with Crippen molar-refractivity contribution < 1.29 is 14.3 Å². The maximum absolute atomic E-state index is 13.4. The number of hydrogen-bond acceptors (Lipinski definition) is 7. The maximum atomic E-state index is 13.4. The van der Waals surface area contributed by atoms with E-state index in [4.69, 9.17) is 4.74 Å². The second kappa shape index (κ2) is 11.2. The zero-order valence-electron chi connectivity index (χ0n) is 24.4. The standard InChI is InChI=1S/C32H36N6O3S/c1-32(2,3)22-9-7-21(8-10-22)30(39)37-17-24-25(18-37)26(24)19-38(31(40)41-29-6-5-15-42-29)23-11-12-28(35-16-23)36(4)20-27-33-13-14-34-27/h5-16,24-26H,17-20H2,1-4H3,(H,33,34). The van der Waals surface area contributed by atoms with Gasteiger partial charge in [0.1, 0.15) is 11.6 Å². The molecule has 0 spiro atoms. The zero-order valence-corrected chi connectivity index (χ0v) is 25.2. The molecule has 2 amide bonds. The van der Waals surface area contributed by atoms with Crippen molar-refractivity contribution in [3.8, 4) is 5.06 Å². The van der Waals surface area contributed by atoms with Crippen molar-refractivity contribution in [2.24, 2.45) is 17.8 Å². The number of aromatic amines is 1. The number of thiophene rings is 1. The molecule has 218 valence electrons. The SMILES string of the molecule is CN(Cc1ncc[nH]1)c1ccc(N(CC2C3CN(C(=O)c4ccc(C(C)(C)C)cc4)CC32)C(=O)Oc2cccs2)cn1. The molecule has 1 aliphatic heterocycles. The van der Waals surface area contributed by atoms with E-state index in [1.165, 1.54) is 16.9 Å². The van der Waals surface area contributed by atoms with Crippen molar-refractivity contribution in [3.05, 3.63) is 89.5 Å². The van der Waals surface area contributed by atoms with Crippen LogP contribution in [0, 0.1) is 17.8 Å². The fourth-order valence-electron chi connectivity index (χ4n) is 5.79. The summed E-state index contributed by atoms with van der Waals surface area (Å²) in [4.78, 5) is 44.2. The molecular weight excluding hydrogens is 548 g/mol. The van der Waals surface area contributed by atoms with E-state index in [-0.39, 0.29) is 11.3 Å². The Bertz CT molecular complexity index is 1500. The van der Waals surface area contributed by atoms with Gasteiger partial charge in [-0.3, -0.25) is 9.69 Å². The molecule has 0 bridgehead atoms. The lowest BCUT2D eigenvalue weighted by Gasteiger charge is -2.25. The molecule has 2 fully saturated rings. The Morgan fingerprint density at radius 2 is 1.83 bits per heavy atom. The number of pyridine rings is 1. The summed E-state index contributed by atoms with van der Waals surface area (Å²) < 4.78 is 5.71. The Hall–Kier alpha value is -4.18. The summed E-state index contributed by atoms with van der Waals surface area (Å²) in [5, 5.41) is 2.43. The Balaban J connectivity index is 1.11. The van der Waals surface area contributed by atoms with Crippen LogP contribution in [0.2, 0.25) is 0 Å². The first kappa shape index (κ1) is 28.0. The van der Waals surface area contributed by atoms with E-state index < -0.39 is 6.09 Å². The van der Waals surface area contributed by atoms with Gasteiger partial charge in [-0.15, -0.1) is 11.3 Å². The number of nitrogens with zero attached hydrogens (tertiary/aromatic N) is 5. The molecule has 4 heterocycles. The van der Waals surface area contributed by atoms with Gasteiger partial charge in [-0.25, -0.2) is 14.8 Å². The number of benzene rings is 1. The highest BCUT2D eigenvalue weighted by Crippen LogP contribution is 2.52. The summed E-state index contributed by atoms with van der Waals surface area (Å²) in [5.74, 6) is 2.73. The molecule has 2 unspecified atom stereocenters. The summed E-state index contributed by atoms with van der Waals surface area (Å²) in [7, 11) is 1.95. The van der Waals surface area contributed by atoms with Gasteiger partial charge in [-0.2, -0.15) is 0 Å². The van der Waals surface area contributed by atoms with E-state index in [0.29, 0.717) is 54.7 Å². The molecule has 1 saturated heterocycles. The first-order chi connectivity index (χ1) is 20.2. The third-order valence-electron chi connectivity index (χ3n) is 8.33. The molecule has 1 aliphatic carbocycles. The van der Waals surface area contributed by atoms with Crippen LogP contribution in [-0.4, -0.2) is 58.5 Å². The molecule has 6 rings (SSSR count). The number of hydrogen-bond donors (Lipinski definition) is 1. The van der Waals surface area contributed by atoms with Crippen LogP contribution in [0.5, 0.6) is 5.06 Å². The normalized spacial score (nSPS) is 19.3. The van der Waals surface area contributed by atoms with Crippen LogP contribution in [0.15, 0.2) is 72.5 Å². The molecule has 3 aromatic heterocycles. The molecule has 0 radical (unpaired) electrons. The lowest BCUT2D eigenvalue weighted by Crippen LogP contribution is -2.38. The highest BCUT2D eigenvalue weighted by Gasteiger charge is 2.57. The van der Waals surface area contributed by atoms with Crippen LogP contribution in [-0.2, 0) is 12.0 Å². The molecule has 2 aliphatic rings. The molecule has 1 N–H and O–H groups in total. The summed E-state index contributed by atoms with van der Waals surface area (Å²) in [6.07, 6.45) is 4.82. The Morgan fingerprint density at radius 1 is 1.07 bits per heavy atom. The fraction of sp³-hybridized carbons (Fsp3) is 0.375. The van der Waals surface area contributed by atoms with Crippen LogP contribution in [0.3, 0.4) is 0 Å². The molecule has 2 atom stereocenters. The molecular formula is C32H36N6O3S. The highest BCUT2D eigenvalue weighted by molar-refractivity contribution is 7.11. The molecule has 1 aromatic carbocycles. The minimum Gasteiger partial charge on any atom is -0.399 e. The van der Waals surface area contributed by atoms with Gasteiger partial charge in [0.05, 0.1) is 18.4 Å². The monoisotopic (exact) mass is 584 g/mol. The summed E-state index contributed by atoms with van der Waals surface area (Å²) >= 11 is 1.38. The van der Waals surface area contributed by atoms with E-state index in [1.54, 1.807) is 29.6 Å². The minimum atomic E-state index is -0.423. The Kier molecular flexibility index (Phi) is 7.49. The number of imidazole rings is 1. The van der Waals surface area contributed by atoms with E-state index in [9.17, 15) is 9.59 Å². The predicted molar refractivity (Wildman–Crippen MR) is 164 cm³/mol. The fourth-order valence-corrected chi connectivity index (χ4v) is 6.36. The highest BCUT2D eigenvalue weighted by atomic mass is 32.1. The van der Waals surface area contributed by atoms with Crippen molar-refractivity contribution in [1.82, 2.24) is 19.9 Å². The van der Waals surface area contributed by atoms with E-state index in [0.717, 1.165) is 17.2 Å². The number of ether oxygens (including phenoxy) is 1. The number of rotatable bonds is 8. The molecule has 10 heteroatoms. The number of carbonyl (C=O) groups is 2. The lowest BCUT2D eigenvalue weighted by atomic mass is 9.86. The molecule has 42 heavy (non-hydrogen) atoms. The first-order valence-electron chi connectivity index (χ1n) is 14.3. The minimum absolute atomic E-state index is 0.0479. The van der Waals surface area contributed by atoms with Gasteiger partial charge >= 0.3 is 6.09 Å². The first-order valence-corrected chi connectivity index (χ1v) is 15.1. The maximum Gasteiger partial charge on any atom is 0.420 e. The van der Waals surface area contributed by atoms with Crippen LogP contribution >= 0.6 is 11.3 Å². The van der Waals surface area contributed by atoms with Gasteiger partial charge in [-0.05, 0) is 70.5 Å². The lowest BCUT2D eigenvalue weighted by molar-refractivity contribution is 0.0768. The van der Waals surface area contributed by atoms with E-state index >= 15 is 0 Å².